The van der Waals surface area contributed by atoms with Gasteiger partial charge in [-0.3, -0.25) is 9.59 Å². The summed E-state index contributed by atoms with van der Waals surface area (Å²) in [6, 6.07) is 3.67. The zero-order chi connectivity index (χ0) is 18.7. The maximum absolute atomic E-state index is 12.3. The highest BCUT2D eigenvalue weighted by Gasteiger charge is 2.28. The van der Waals surface area contributed by atoms with Crippen molar-refractivity contribution in [1.82, 2.24) is 31.3 Å². The molecule has 0 radical (unpaired) electrons. The number of carbonyl (C=O) groups excluding carboxylic acids is 2. The average molecular weight is 359 g/mol. The third kappa shape index (κ3) is 3.77. The second-order valence-electron chi connectivity index (χ2n) is 5.85. The number of anilines is 1. The second kappa shape index (κ2) is 7.17. The SMILES string of the molecule is CC(NC(=O)O)C(=O)c1ccc2c(c1)C[C@@H](C(=O)NCc1nn[nH]n1)N2. The van der Waals surface area contributed by atoms with E-state index in [1.54, 1.807) is 18.2 Å². The van der Waals surface area contributed by atoms with E-state index in [0.717, 1.165) is 11.3 Å². The van der Waals surface area contributed by atoms with Crippen LogP contribution < -0.4 is 16.0 Å². The molecular formula is C15H17N7O4. The minimum absolute atomic E-state index is 0.159. The Kier molecular flexibility index (Phi) is 4.78. The molecule has 2 aromatic rings. The third-order valence-electron chi connectivity index (χ3n) is 4.00. The van der Waals surface area contributed by atoms with Gasteiger partial charge in [0.2, 0.25) is 5.91 Å². The van der Waals surface area contributed by atoms with Crippen LogP contribution in [0.4, 0.5) is 10.5 Å². The van der Waals surface area contributed by atoms with Gasteiger partial charge in [0.25, 0.3) is 0 Å². The lowest BCUT2D eigenvalue weighted by molar-refractivity contribution is -0.121. The predicted molar refractivity (Wildman–Crippen MR) is 88.5 cm³/mol. The smallest absolute Gasteiger partial charge is 0.405 e. The van der Waals surface area contributed by atoms with Crippen LogP contribution in [-0.2, 0) is 17.8 Å². The summed E-state index contributed by atoms with van der Waals surface area (Å²) in [5.74, 6) is -0.179. The van der Waals surface area contributed by atoms with Crippen molar-refractivity contribution in [1.29, 1.82) is 0 Å². The van der Waals surface area contributed by atoms with Crippen LogP contribution in [0.25, 0.3) is 0 Å². The van der Waals surface area contributed by atoms with Crippen LogP contribution >= 0.6 is 0 Å². The van der Waals surface area contributed by atoms with Crippen LogP contribution in [0.1, 0.15) is 28.7 Å². The molecule has 1 unspecified atom stereocenters. The normalized spacial score (nSPS) is 16.3. The number of carbonyl (C=O) groups is 3. The van der Waals surface area contributed by atoms with Crippen LogP contribution in [0.2, 0.25) is 0 Å². The van der Waals surface area contributed by atoms with Gasteiger partial charge in [0.15, 0.2) is 11.6 Å². The summed E-state index contributed by atoms with van der Waals surface area (Å²) in [7, 11) is 0. The van der Waals surface area contributed by atoms with Gasteiger partial charge in [-0.1, -0.05) is 5.21 Å². The molecular weight excluding hydrogens is 342 g/mol. The molecule has 1 aromatic heterocycles. The highest BCUT2D eigenvalue weighted by atomic mass is 16.4. The number of H-pyrrole nitrogens is 1. The number of carboxylic acid groups (broad SMARTS) is 1. The lowest BCUT2D eigenvalue weighted by atomic mass is 10.0. The van der Waals surface area contributed by atoms with Crippen molar-refractivity contribution >= 4 is 23.5 Å². The summed E-state index contributed by atoms with van der Waals surface area (Å²) in [5.41, 5.74) is 1.97. The highest BCUT2D eigenvalue weighted by Crippen LogP contribution is 2.27. The molecule has 1 aliphatic heterocycles. The second-order valence-corrected chi connectivity index (χ2v) is 5.85. The Labute approximate surface area is 147 Å². The molecule has 0 spiro atoms. The minimum atomic E-state index is -1.26. The standard InChI is InChI=1S/C15H17N7O4/c1-7(17-15(25)26)13(23)8-2-3-10-9(4-8)5-11(18-10)14(24)16-6-12-19-21-22-20-12/h2-4,7,11,17-18H,5-6H2,1H3,(H,16,24)(H,25,26)(H,19,20,21,22)/t7?,11-/m0/s1. The maximum atomic E-state index is 12.3. The molecule has 0 aliphatic carbocycles. The first-order chi connectivity index (χ1) is 12.4. The Morgan fingerprint density at radius 3 is 2.88 bits per heavy atom. The molecule has 26 heavy (non-hydrogen) atoms. The molecule has 0 fully saturated rings. The van der Waals surface area contributed by atoms with Crippen molar-refractivity contribution in [2.24, 2.45) is 0 Å². The van der Waals surface area contributed by atoms with E-state index >= 15 is 0 Å². The summed E-state index contributed by atoms with van der Waals surface area (Å²) in [5, 5.41) is 29.9. The van der Waals surface area contributed by atoms with Gasteiger partial charge in [0.05, 0.1) is 12.6 Å². The summed E-state index contributed by atoms with van der Waals surface area (Å²) in [6.45, 7) is 1.64. The van der Waals surface area contributed by atoms with Gasteiger partial charge in [-0.25, -0.2) is 4.79 Å². The van der Waals surface area contributed by atoms with Crippen LogP contribution in [0.5, 0.6) is 0 Å². The zero-order valence-electron chi connectivity index (χ0n) is 13.8. The number of amides is 2. The number of fused-ring (bicyclic) bond motifs is 1. The quantitative estimate of drug-likeness (QED) is 0.439. The Balaban J connectivity index is 1.62. The van der Waals surface area contributed by atoms with Crippen LogP contribution in [-0.4, -0.2) is 55.6 Å². The number of aromatic amines is 1. The molecule has 0 saturated heterocycles. The summed E-state index contributed by atoms with van der Waals surface area (Å²) in [6.07, 6.45) is -0.845. The van der Waals surface area contributed by atoms with Gasteiger partial charge in [0.1, 0.15) is 6.04 Å². The molecule has 1 aliphatic rings. The minimum Gasteiger partial charge on any atom is -0.465 e. The fraction of sp³-hybridized carbons (Fsp3) is 0.333. The molecule has 2 heterocycles. The molecule has 136 valence electrons. The number of tetrazole rings is 1. The summed E-state index contributed by atoms with van der Waals surface area (Å²) >= 11 is 0. The zero-order valence-corrected chi connectivity index (χ0v) is 13.8. The van der Waals surface area contributed by atoms with Gasteiger partial charge in [-0.15, -0.1) is 10.2 Å². The molecule has 5 N–H and O–H groups in total. The topological polar surface area (TPSA) is 162 Å². The van der Waals surface area contributed by atoms with Gasteiger partial charge in [-0.05, 0) is 30.7 Å². The van der Waals surface area contributed by atoms with E-state index in [9.17, 15) is 14.4 Å². The summed E-state index contributed by atoms with van der Waals surface area (Å²) in [4.78, 5) is 35.2. The highest BCUT2D eigenvalue weighted by molar-refractivity contribution is 6.02. The molecule has 0 saturated carbocycles. The first-order valence-corrected chi connectivity index (χ1v) is 7.87. The molecule has 1 aromatic carbocycles. The van der Waals surface area contributed by atoms with Crippen molar-refractivity contribution in [2.45, 2.75) is 32.0 Å². The number of hydrogen-bond donors (Lipinski definition) is 5. The third-order valence-corrected chi connectivity index (χ3v) is 4.00. The monoisotopic (exact) mass is 359 g/mol. The van der Waals surface area contributed by atoms with E-state index in [1.807, 2.05) is 0 Å². The Bertz CT molecular complexity index is 837. The van der Waals surface area contributed by atoms with Crippen molar-refractivity contribution in [3.8, 4) is 0 Å². The van der Waals surface area contributed by atoms with Crippen LogP contribution in [0.3, 0.4) is 0 Å². The van der Waals surface area contributed by atoms with Gasteiger partial charge >= 0.3 is 6.09 Å². The first kappa shape index (κ1) is 17.3. The summed E-state index contributed by atoms with van der Waals surface area (Å²) < 4.78 is 0. The van der Waals surface area contributed by atoms with Gasteiger partial charge < -0.3 is 21.1 Å². The number of nitrogens with one attached hydrogen (secondary N) is 4. The lowest BCUT2D eigenvalue weighted by Crippen LogP contribution is -2.38. The van der Waals surface area contributed by atoms with Gasteiger partial charge in [0, 0.05) is 17.7 Å². The van der Waals surface area contributed by atoms with Crippen molar-refractivity contribution in [3.63, 3.8) is 0 Å². The Morgan fingerprint density at radius 2 is 2.19 bits per heavy atom. The van der Waals surface area contributed by atoms with E-state index in [4.69, 9.17) is 5.11 Å². The van der Waals surface area contributed by atoms with Crippen molar-refractivity contribution < 1.29 is 19.5 Å². The Hall–Kier alpha value is -3.50. The average Bonchev–Trinajstić information content (AvgIpc) is 3.26. The Morgan fingerprint density at radius 1 is 1.38 bits per heavy atom. The van der Waals surface area contributed by atoms with E-state index in [1.165, 1.54) is 6.92 Å². The number of Topliss-reactive ketones (excluding diaryl/α,β-unsaturated/α-hetero) is 1. The number of rotatable bonds is 6. The first-order valence-electron chi connectivity index (χ1n) is 7.87. The number of benzene rings is 1. The van der Waals surface area contributed by atoms with E-state index in [2.05, 4.69) is 36.6 Å². The molecule has 0 bridgehead atoms. The van der Waals surface area contributed by atoms with Crippen LogP contribution in [0, 0.1) is 0 Å². The van der Waals surface area contributed by atoms with Gasteiger partial charge in [-0.2, -0.15) is 5.21 Å². The lowest BCUT2D eigenvalue weighted by Gasteiger charge is -2.11. The van der Waals surface area contributed by atoms with E-state index in [-0.39, 0.29) is 18.2 Å². The van der Waals surface area contributed by atoms with Crippen LogP contribution in [0.15, 0.2) is 18.2 Å². The van der Waals surface area contributed by atoms with E-state index < -0.39 is 18.2 Å². The fourth-order valence-electron chi connectivity index (χ4n) is 2.72. The molecule has 11 heteroatoms. The predicted octanol–water partition coefficient (Wildman–Crippen LogP) is -0.309. The number of nitrogens with zero attached hydrogens (tertiary/aromatic N) is 3. The molecule has 2 atom stereocenters. The number of hydrogen-bond acceptors (Lipinski definition) is 7. The number of ketones is 1. The maximum Gasteiger partial charge on any atom is 0.405 e. The molecule has 3 rings (SSSR count). The largest absolute Gasteiger partial charge is 0.465 e. The fourth-order valence-corrected chi connectivity index (χ4v) is 2.72. The molecule has 11 nitrogen and oxygen atoms in total. The van der Waals surface area contributed by atoms with E-state index in [0.29, 0.717) is 17.8 Å². The van der Waals surface area contributed by atoms with Crippen molar-refractivity contribution in [3.05, 3.63) is 35.2 Å². The van der Waals surface area contributed by atoms with Crippen molar-refractivity contribution in [2.75, 3.05) is 5.32 Å². The molecule has 2 amide bonds. The number of aromatic nitrogens is 4.